The van der Waals surface area contributed by atoms with Crippen molar-refractivity contribution >= 4 is 0 Å². The van der Waals surface area contributed by atoms with Crippen molar-refractivity contribution in [2.24, 2.45) is 0 Å². The zero-order valence-electron chi connectivity index (χ0n) is 10.8. The number of nitrogens with one attached hydrogen (secondary N) is 1. The van der Waals surface area contributed by atoms with Crippen LogP contribution in [0.2, 0.25) is 0 Å². The van der Waals surface area contributed by atoms with E-state index >= 15 is 0 Å². The molecule has 16 heavy (non-hydrogen) atoms. The molecule has 2 heteroatoms. The first-order valence-corrected chi connectivity index (χ1v) is 6.17. The molecule has 0 amide bonds. The van der Waals surface area contributed by atoms with Gasteiger partial charge in [0.05, 0.1) is 0 Å². The van der Waals surface area contributed by atoms with E-state index in [1.54, 1.807) is 0 Å². The summed E-state index contributed by atoms with van der Waals surface area (Å²) in [5.74, 6) is 0. The summed E-state index contributed by atoms with van der Waals surface area (Å²) < 4.78 is 0. The fourth-order valence-electron chi connectivity index (χ4n) is 1.85. The van der Waals surface area contributed by atoms with Crippen LogP contribution in [0.1, 0.15) is 24.5 Å². The highest BCUT2D eigenvalue weighted by atomic mass is 15.1. The average Bonchev–Trinajstić information content (AvgIpc) is 2.28. The summed E-state index contributed by atoms with van der Waals surface area (Å²) in [6.45, 7) is 5.49. The van der Waals surface area contributed by atoms with E-state index < -0.39 is 0 Å². The van der Waals surface area contributed by atoms with Gasteiger partial charge in [-0.25, -0.2) is 0 Å². The number of hydrogen-bond acceptors (Lipinski definition) is 2. The number of hydrogen-bond donors (Lipinski definition) is 1. The Morgan fingerprint density at radius 2 is 1.75 bits per heavy atom. The predicted octanol–water partition coefficient (Wildman–Crippen LogP) is 2.29. The van der Waals surface area contributed by atoms with Gasteiger partial charge in [0.1, 0.15) is 0 Å². The maximum atomic E-state index is 3.17. The van der Waals surface area contributed by atoms with E-state index in [-0.39, 0.29) is 0 Å². The molecule has 0 heterocycles. The number of rotatable bonds is 7. The predicted molar refractivity (Wildman–Crippen MR) is 70.7 cm³/mol. The first-order valence-electron chi connectivity index (χ1n) is 6.17. The molecule has 1 aromatic carbocycles. The molecule has 0 aliphatic rings. The maximum absolute atomic E-state index is 3.17. The molecule has 0 aliphatic carbocycles. The summed E-state index contributed by atoms with van der Waals surface area (Å²) in [5.41, 5.74) is 2.82. The van der Waals surface area contributed by atoms with Crippen LogP contribution in [0.4, 0.5) is 0 Å². The highest BCUT2D eigenvalue weighted by Crippen LogP contribution is 2.07. The van der Waals surface area contributed by atoms with Crippen LogP contribution >= 0.6 is 0 Å². The summed E-state index contributed by atoms with van der Waals surface area (Å²) in [5, 5.41) is 3.17. The summed E-state index contributed by atoms with van der Waals surface area (Å²) in [6.07, 6.45) is 2.33. The Morgan fingerprint density at radius 1 is 1.12 bits per heavy atom. The Hall–Kier alpha value is -0.860. The van der Waals surface area contributed by atoms with Crippen LogP contribution in [0, 0.1) is 0 Å². The molecule has 0 spiro atoms. The fraction of sp³-hybridized carbons (Fsp3) is 0.571. The van der Waals surface area contributed by atoms with Crippen molar-refractivity contribution in [2.45, 2.75) is 26.3 Å². The molecule has 0 aromatic heterocycles. The van der Waals surface area contributed by atoms with Gasteiger partial charge in [-0.15, -0.1) is 0 Å². The van der Waals surface area contributed by atoms with Gasteiger partial charge in [0, 0.05) is 6.54 Å². The number of benzene rings is 1. The Labute approximate surface area is 99.7 Å². The summed E-state index contributed by atoms with van der Waals surface area (Å²) in [7, 11) is 4.17. The van der Waals surface area contributed by atoms with Crippen molar-refractivity contribution in [3.05, 3.63) is 35.4 Å². The molecule has 0 unspecified atom stereocenters. The standard InChI is InChI=1S/C14H24N2/c1-4-11-16(3)12-14-7-5-13(6-8-14)9-10-15-2/h5-8,15H,4,9-12H2,1-3H3. The highest BCUT2D eigenvalue weighted by Gasteiger charge is 1.99. The van der Waals surface area contributed by atoms with Gasteiger partial charge in [-0.1, -0.05) is 31.2 Å². The maximum Gasteiger partial charge on any atom is 0.0230 e. The van der Waals surface area contributed by atoms with Gasteiger partial charge in [-0.05, 0) is 51.2 Å². The SMILES string of the molecule is CCCN(C)Cc1ccc(CCNC)cc1. The van der Waals surface area contributed by atoms with E-state index in [1.807, 2.05) is 7.05 Å². The summed E-state index contributed by atoms with van der Waals surface area (Å²) >= 11 is 0. The molecular formula is C14H24N2. The number of nitrogens with zero attached hydrogens (tertiary/aromatic N) is 1. The first-order chi connectivity index (χ1) is 7.76. The lowest BCUT2D eigenvalue weighted by atomic mass is 10.1. The fourth-order valence-corrected chi connectivity index (χ4v) is 1.85. The molecule has 0 atom stereocenters. The third kappa shape index (κ3) is 4.77. The van der Waals surface area contributed by atoms with Gasteiger partial charge in [0.2, 0.25) is 0 Å². The van der Waals surface area contributed by atoms with E-state index in [2.05, 4.69) is 48.5 Å². The molecule has 1 rings (SSSR count). The Balaban J connectivity index is 2.44. The summed E-state index contributed by atoms with van der Waals surface area (Å²) in [4.78, 5) is 2.36. The van der Waals surface area contributed by atoms with E-state index in [9.17, 15) is 0 Å². The molecule has 0 fully saturated rings. The molecule has 0 bridgehead atoms. The van der Waals surface area contributed by atoms with Gasteiger partial charge in [0.25, 0.3) is 0 Å². The molecule has 0 saturated heterocycles. The zero-order chi connectivity index (χ0) is 11.8. The second-order valence-corrected chi connectivity index (χ2v) is 4.41. The third-order valence-electron chi connectivity index (χ3n) is 2.74. The van der Waals surface area contributed by atoms with Crippen molar-refractivity contribution in [1.29, 1.82) is 0 Å². The van der Waals surface area contributed by atoms with Crippen LogP contribution in [-0.2, 0) is 13.0 Å². The van der Waals surface area contributed by atoms with Gasteiger partial charge < -0.3 is 10.2 Å². The first kappa shape index (κ1) is 13.2. The molecule has 90 valence electrons. The van der Waals surface area contributed by atoms with Gasteiger partial charge in [-0.3, -0.25) is 0 Å². The van der Waals surface area contributed by atoms with E-state index in [4.69, 9.17) is 0 Å². The quantitative estimate of drug-likeness (QED) is 0.758. The van der Waals surface area contributed by atoms with E-state index in [1.165, 1.54) is 24.1 Å². The summed E-state index contributed by atoms with van der Waals surface area (Å²) in [6, 6.07) is 8.98. The Morgan fingerprint density at radius 3 is 2.31 bits per heavy atom. The van der Waals surface area contributed by atoms with Crippen molar-refractivity contribution in [3.8, 4) is 0 Å². The van der Waals surface area contributed by atoms with Crippen LogP contribution in [0.3, 0.4) is 0 Å². The van der Waals surface area contributed by atoms with Crippen LogP contribution in [0.5, 0.6) is 0 Å². The van der Waals surface area contributed by atoms with Gasteiger partial charge >= 0.3 is 0 Å². The van der Waals surface area contributed by atoms with Crippen molar-refractivity contribution in [2.75, 3.05) is 27.2 Å². The largest absolute Gasteiger partial charge is 0.319 e. The molecule has 0 radical (unpaired) electrons. The minimum atomic E-state index is 1.05. The lowest BCUT2D eigenvalue weighted by molar-refractivity contribution is 0.327. The lowest BCUT2D eigenvalue weighted by Gasteiger charge is -2.15. The molecule has 1 aromatic rings. The number of likely N-dealkylation sites (N-methyl/N-ethyl adjacent to an activating group) is 1. The highest BCUT2D eigenvalue weighted by molar-refractivity contribution is 5.22. The molecular weight excluding hydrogens is 196 g/mol. The topological polar surface area (TPSA) is 15.3 Å². The minimum Gasteiger partial charge on any atom is -0.319 e. The van der Waals surface area contributed by atoms with Crippen LogP contribution < -0.4 is 5.32 Å². The van der Waals surface area contributed by atoms with Crippen LogP contribution in [-0.4, -0.2) is 32.1 Å². The second-order valence-electron chi connectivity index (χ2n) is 4.41. The molecule has 0 aliphatic heterocycles. The molecule has 2 nitrogen and oxygen atoms in total. The average molecular weight is 220 g/mol. The smallest absolute Gasteiger partial charge is 0.0230 e. The van der Waals surface area contributed by atoms with Crippen LogP contribution in [0.15, 0.2) is 24.3 Å². The van der Waals surface area contributed by atoms with Gasteiger partial charge in [-0.2, -0.15) is 0 Å². The molecule has 1 N–H and O–H groups in total. The van der Waals surface area contributed by atoms with Crippen molar-refractivity contribution in [1.82, 2.24) is 10.2 Å². The third-order valence-corrected chi connectivity index (χ3v) is 2.74. The Kier molecular flexibility index (Phi) is 6.12. The Bertz CT molecular complexity index is 279. The van der Waals surface area contributed by atoms with Crippen molar-refractivity contribution < 1.29 is 0 Å². The van der Waals surface area contributed by atoms with Gasteiger partial charge in [0.15, 0.2) is 0 Å². The van der Waals surface area contributed by atoms with E-state index in [0.717, 1.165) is 19.5 Å². The normalized spacial score (nSPS) is 11.0. The monoisotopic (exact) mass is 220 g/mol. The lowest BCUT2D eigenvalue weighted by Crippen LogP contribution is -2.18. The zero-order valence-corrected chi connectivity index (χ0v) is 10.8. The van der Waals surface area contributed by atoms with E-state index in [0.29, 0.717) is 0 Å². The second kappa shape index (κ2) is 7.42. The molecule has 0 saturated carbocycles. The van der Waals surface area contributed by atoms with Crippen molar-refractivity contribution in [3.63, 3.8) is 0 Å². The minimum absolute atomic E-state index is 1.05. The van der Waals surface area contributed by atoms with Crippen LogP contribution in [0.25, 0.3) is 0 Å².